The first-order chi connectivity index (χ1) is 16.4. The van der Waals surface area contributed by atoms with Crippen molar-refractivity contribution in [1.82, 2.24) is 4.90 Å². The van der Waals surface area contributed by atoms with Crippen LogP contribution >= 0.6 is 0 Å². The summed E-state index contributed by atoms with van der Waals surface area (Å²) in [6.07, 6.45) is 0.717. The number of amides is 1. The maximum Gasteiger partial charge on any atom is 0.253 e. The molecule has 190 valence electrons. The SMILES string of the molecule is CCS(=O)(=O)c1ccc(C(=O)N2CCC3(CC2)C[C@@H](OC(C)C)c2cc(F)cc(F)c2O3)cc1C. The fraction of sp³-hybridized carbons (Fsp3) is 0.500. The quantitative estimate of drug-likeness (QED) is 0.570. The second-order valence-electron chi connectivity index (χ2n) is 9.64. The highest BCUT2D eigenvalue weighted by atomic mass is 32.2. The van der Waals surface area contributed by atoms with Crippen molar-refractivity contribution in [2.45, 2.75) is 69.7 Å². The van der Waals surface area contributed by atoms with Crippen molar-refractivity contribution in [2.75, 3.05) is 18.8 Å². The van der Waals surface area contributed by atoms with Crippen molar-refractivity contribution in [3.63, 3.8) is 0 Å². The van der Waals surface area contributed by atoms with Crippen molar-refractivity contribution in [3.05, 3.63) is 58.7 Å². The molecule has 1 saturated heterocycles. The van der Waals surface area contributed by atoms with Crippen LogP contribution in [0.25, 0.3) is 0 Å². The number of hydrogen-bond donors (Lipinski definition) is 0. The standard InChI is InChI=1S/C26H31F2NO5S/c1-5-35(31,32)23-7-6-18(12-17(23)4)25(30)29-10-8-26(9-11-29)15-22(33-16(2)3)20-13-19(27)14-21(28)24(20)34-26/h6-7,12-14,16,22H,5,8-11,15H2,1-4H3/t22-/m1/s1. The number of carbonyl (C=O) groups excluding carboxylic acids is 1. The molecule has 1 spiro atoms. The van der Waals surface area contributed by atoms with Gasteiger partial charge in [-0.15, -0.1) is 0 Å². The van der Waals surface area contributed by atoms with Gasteiger partial charge in [-0.2, -0.15) is 0 Å². The second kappa shape index (κ2) is 9.50. The topological polar surface area (TPSA) is 72.9 Å². The molecule has 1 atom stereocenters. The Balaban J connectivity index is 1.52. The summed E-state index contributed by atoms with van der Waals surface area (Å²) in [7, 11) is -3.37. The molecule has 0 unspecified atom stereocenters. The van der Waals surface area contributed by atoms with Crippen LogP contribution < -0.4 is 4.74 Å². The van der Waals surface area contributed by atoms with E-state index in [2.05, 4.69) is 0 Å². The molecule has 2 aliphatic rings. The van der Waals surface area contributed by atoms with Crippen molar-refractivity contribution in [2.24, 2.45) is 0 Å². The molecule has 2 aromatic carbocycles. The van der Waals surface area contributed by atoms with Gasteiger partial charge in [0.25, 0.3) is 5.91 Å². The Morgan fingerprint density at radius 2 is 1.89 bits per heavy atom. The summed E-state index contributed by atoms with van der Waals surface area (Å²) in [5.41, 5.74) is 0.607. The Hall–Kier alpha value is -2.52. The maximum atomic E-state index is 14.7. The number of rotatable bonds is 5. The van der Waals surface area contributed by atoms with Gasteiger partial charge in [0.05, 0.1) is 22.9 Å². The van der Waals surface area contributed by atoms with Gasteiger partial charge in [-0.1, -0.05) is 6.92 Å². The molecule has 1 amide bonds. The number of ether oxygens (including phenoxy) is 2. The molecule has 4 rings (SSSR count). The number of benzene rings is 2. The fourth-order valence-electron chi connectivity index (χ4n) is 4.98. The third-order valence-corrected chi connectivity index (χ3v) is 8.68. The van der Waals surface area contributed by atoms with Crippen LogP contribution in [0, 0.1) is 18.6 Å². The lowest BCUT2D eigenvalue weighted by atomic mass is 9.81. The van der Waals surface area contributed by atoms with Gasteiger partial charge in [-0.25, -0.2) is 17.2 Å². The van der Waals surface area contributed by atoms with Crippen molar-refractivity contribution >= 4 is 15.7 Å². The van der Waals surface area contributed by atoms with Gasteiger partial charge < -0.3 is 14.4 Å². The zero-order valence-electron chi connectivity index (χ0n) is 20.4. The highest BCUT2D eigenvalue weighted by Gasteiger charge is 2.46. The van der Waals surface area contributed by atoms with Gasteiger partial charge in [0.15, 0.2) is 21.4 Å². The van der Waals surface area contributed by atoms with Crippen molar-refractivity contribution in [1.29, 1.82) is 0 Å². The molecule has 1 fully saturated rings. The smallest absolute Gasteiger partial charge is 0.253 e. The van der Waals surface area contributed by atoms with E-state index in [1.807, 2.05) is 13.8 Å². The van der Waals surface area contributed by atoms with Crippen LogP contribution in [0.15, 0.2) is 35.2 Å². The third kappa shape index (κ3) is 5.07. The summed E-state index contributed by atoms with van der Waals surface area (Å²) in [4.78, 5) is 15.1. The number of fused-ring (bicyclic) bond motifs is 1. The van der Waals surface area contributed by atoms with Crippen LogP contribution in [0.5, 0.6) is 5.75 Å². The Bertz CT molecular complexity index is 1240. The van der Waals surface area contributed by atoms with E-state index in [9.17, 15) is 22.0 Å². The summed E-state index contributed by atoms with van der Waals surface area (Å²) in [6.45, 7) is 7.79. The van der Waals surface area contributed by atoms with Crippen LogP contribution in [0.2, 0.25) is 0 Å². The lowest BCUT2D eigenvalue weighted by molar-refractivity contribution is -0.0891. The lowest BCUT2D eigenvalue weighted by Gasteiger charge is -2.47. The largest absolute Gasteiger partial charge is 0.484 e. The predicted molar refractivity (Wildman–Crippen MR) is 127 cm³/mol. The first kappa shape index (κ1) is 25.6. The summed E-state index contributed by atoms with van der Waals surface area (Å²) in [6, 6.07) is 6.73. The summed E-state index contributed by atoms with van der Waals surface area (Å²) in [5, 5.41) is 0. The van der Waals surface area contributed by atoms with Gasteiger partial charge >= 0.3 is 0 Å². The van der Waals surface area contributed by atoms with E-state index in [1.54, 1.807) is 30.9 Å². The van der Waals surface area contributed by atoms with E-state index in [1.165, 1.54) is 12.1 Å². The molecule has 0 N–H and O–H groups in total. The Labute approximate surface area is 205 Å². The second-order valence-corrected chi connectivity index (χ2v) is 11.9. The summed E-state index contributed by atoms with van der Waals surface area (Å²) >= 11 is 0. The number of aryl methyl sites for hydroxylation is 1. The van der Waals surface area contributed by atoms with E-state index in [0.717, 1.165) is 6.07 Å². The van der Waals surface area contributed by atoms with Crippen LogP contribution in [0.1, 0.15) is 67.6 Å². The van der Waals surface area contributed by atoms with E-state index in [4.69, 9.17) is 9.47 Å². The van der Waals surface area contributed by atoms with Gasteiger partial charge in [-0.05, 0) is 50.6 Å². The normalized spacial score (nSPS) is 19.5. The molecule has 35 heavy (non-hydrogen) atoms. The van der Waals surface area contributed by atoms with Gasteiger partial charge in [0, 0.05) is 49.5 Å². The molecule has 0 bridgehead atoms. The monoisotopic (exact) mass is 507 g/mol. The maximum absolute atomic E-state index is 14.7. The number of piperidine rings is 1. The molecule has 0 aromatic heterocycles. The van der Waals surface area contributed by atoms with Crippen molar-refractivity contribution < 1.29 is 31.5 Å². The van der Waals surface area contributed by atoms with Crippen LogP contribution in [-0.4, -0.2) is 49.8 Å². The van der Waals surface area contributed by atoms with Gasteiger partial charge in [0.1, 0.15) is 11.4 Å². The average molecular weight is 508 g/mol. The molecular formula is C26H31F2NO5S. The Morgan fingerprint density at radius 3 is 2.49 bits per heavy atom. The molecule has 2 heterocycles. The van der Waals surface area contributed by atoms with E-state index >= 15 is 0 Å². The average Bonchev–Trinajstić information content (AvgIpc) is 2.79. The Kier molecular flexibility index (Phi) is 6.94. The summed E-state index contributed by atoms with van der Waals surface area (Å²) < 4.78 is 65.2. The molecular weight excluding hydrogens is 476 g/mol. The molecule has 0 radical (unpaired) electrons. The van der Waals surface area contributed by atoms with Gasteiger partial charge in [-0.3, -0.25) is 4.79 Å². The lowest BCUT2D eigenvalue weighted by Crippen LogP contribution is -2.52. The minimum atomic E-state index is -3.37. The molecule has 0 aliphatic carbocycles. The number of halogens is 2. The zero-order valence-corrected chi connectivity index (χ0v) is 21.3. The highest BCUT2D eigenvalue weighted by molar-refractivity contribution is 7.91. The molecule has 2 aromatic rings. The van der Waals surface area contributed by atoms with E-state index in [0.29, 0.717) is 49.0 Å². The minimum Gasteiger partial charge on any atom is -0.484 e. The number of sulfone groups is 1. The van der Waals surface area contributed by atoms with Crippen LogP contribution in [0.3, 0.4) is 0 Å². The predicted octanol–water partition coefficient (Wildman–Crippen LogP) is 4.99. The number of likely N-dealkylation sites (tertiary alicyclic amines) is 1. The number of hydrogen-bond acceptors (Lipinski definition) is 5. The zero-order chi connectivity index (χ0) is 25.5. The van der Waals surface area contributed by atoms with Crippen LogP contribution in [0.4, 0.5) is 8.78 Å². The van der Waals surface area contributed by atoms with Crippen molar-refractivity contribution in [3.8, 4) is 5.75 Å². The number of carbonyl (C=O) groups is 1. The summed E-state index contributed by atoms with van der Waals surface area (Å²) in [5.74, 6) is -1.61. The Morgan fingerprint density at radius 1 is 1.20 bits per heavy atom. The molecule has 0 saturated carbocycles. The molecule has 9 heteroatoms. The third-order valence-electron chi connectivity index (χ3n) is 6.80. The minimum absolute atomic E-state index is 0.00672. The van der Waals surface area contributed by atoms with Crippen LogP contribution in [-0.2, 0) is 14.6 Å². The number of nitrogens with zero attached hydrogens (tertiary/aromatic N) is 1. The highest BCUT2D eigenvalue weighted by Crippen LogP contribution is 2.47. The first-order valence-electron chi connectivity index (χ1n) is 11.9. The van der Waals surface area contributed by atoms with E-state index in [-0.39, 0.29) is 28.4 Å². The molecule has 6 nitrogen and oxygen atoms in total. The molecule has 2 aliphatic heterocycles. The first-order valence-corrected chi connectivity index (χ1v) is 13.6. The van der Waals surface area contributed by atoms with Gasteiger partial charge in [0.2, 0.25) is 0 Å². The van der Waals surface area contributed by atoms with E-state index < -0.39 is 33.2 Å². The fourth-order valence-corrected chi connectivity index (χ4v) is 6.11.